The molecule has 112 valence electrons. The second kappa shape index (κ2) is 5.15. The fraction of sp³-hybridized carbons (Fsp3) is 0. The van der Waals surface area contributed by atoms with E-state index in [2.05, 4.69) is 0 Å². The van der Waals surface area contributed by atoms with Crippen LogP contribution in [0.1, 0.15) is 10.5 Å². The molecule has 0 aliphatic carbocycles. The Kier molecular flexibility index (Phi) is 3.42. The molecule has 22 heavy (non-hydrogen) atoms. The molecule has 0 bridgehead atoms. The zero-order valence-corrected chi connectivity index (χ0v) is 12.7. The molecule has 0 saturated heterocycles. The molecule has 0 amide bonds. The van der Waals surface area contributed by atoms with Gasteiger partial charge in [0, 0.05) is 10.4 Å². The van der Waals surface area contributed by atoms with Crippen molar-refractivity contribution in [2.75, 3.05) is 0 Å². The number of rotatable bonds is 3. The van der Waals surface area contributed by atoms with E-state index < -0.39 is 16.0 Å². The lowest BCUT2D eigenvalue weighted by molar-refractivity contribution is 0.0689. The highest BCUT2D eigenvalue weighted by Crippen LogP contribution is 2.26. The summed E-state index contributed by atoms with van der Waals surface area (Å²) in [5, 5.41) is 10.3. The van der Waals surface area contributed by atoms with E-state index in [0.29, 0.717) is 15.9 Å². The van der Waals surface area contributed by atoms with Crippen LogP contribution in [0.5, 0.6) is 0 Å². The number of aromatic carboxylic acids is 1. The molecule has 0 spiro atoms. The van der Waals surface area contributed by atoms with Crippen molar-refractivity contribution in [3.63, 3.8) is 0 Å². The van der Waals surface area contributed by atoms with Crippen molar-refractivity contribution in [1.29, 1.82) is 0 Å². The number of fused-ring (bicyclic) bond motifs is 1. The Bertz CT molecular complexity index is 974. The van der Waals surface area contributed by atoms with Gasteiger partial charge in [0.05, 0.1) is 10.4 Å². The Hall–Kier alpha value is -2.31. The van der Waals surface area contributed by atoms with Gasteiger partial charge in [-0.25, -0.2) is 17.2 Å². The summed E-state index contributed by atoms with van der Waals surface area (Å²) in [6.07, 6.45) is 0. The summed E-state index contributed by atoms with van der Waals surface area (Å²) in [6.45, 7) is 0. The summed E-state index contributed by atoms with van der Waals surface area (Å²) in [5.41, 5.74) is 0.00556. The molecule has 2 aromatic carbocycles. The van der Waals surface area contributed by atoms with E-state index >= 15 is 0 Å². The molecule has 0 saturated carbocycles. The van der Waals surface area contributed by atoms with Crippen molar-refractivity contribution < 1.29 is 18.3 Å². The number of nitrogens with zero attached hydrogens (tertiary/aromatic N) is 1. The van der Waals surface area contributed by atoms with Crippen LogP contribution in [0.4, 0.5) is 0 Å². The highest BCUT2D eigenvalue weighted by atomic mass is 35.5. The Morgan fingerprint density at radius 2 is 1.68 bits per heavy atom. The van der Waals surface area contributed by atoms with Crippen LogP contribution in [-0.4, -0.2) is 23.5 Å². The number of carboxylic acid groups (broad SMARTS) is 1. The van der Waals surface area contributed by atoms with E-state index in [1.807, 2.05) is 0 Å². The van der Waals surface area contributed by atoms with Gasteiger partial charge in [0.1, 0.15) is 5.69 Å². The first-order valence-electron chi connectivity index (χ1n) is 6.26. The van der Waals surface area contributed by atoms with E-state index in [1.165, 1.54) is 30.3 Å². The number of hydrogen-bond acceptors (Lipinski definition) is 3. The lowest BCUT2D eigenvalue weighted by Crippen LogP contribution is -2.18. The molecule has 1 N–H and O–H groups in total. The molecule has 3 rings (SSSR count). The van der Waals surface area contributed by atoms with Crippen molar-refractivity contribution >= 4 is 38.5 Å². The molecule has 1 heterocycles. The van der Waals surface area contributed by atoms with Crippen LogP contribution < -0.4 is 0 Å². The van der Waals surface area contributed by atoms with Gasteiger partial charge in [-0.2, -0.15) is 0 Å². The largest absolute Gasteiger partial charge is 0.477 e. The minimum atomic E-state index is -4.04. The minimum Gasteiger partial charge on any atom is -0.477 e. The Labute approximate surface area is 131 Å². The van der Waals surface area contributed by atoms with Crippen LogP contribution in [0.25, 0.3) is 10.9 Å². The van der Waals surface area contributed by atoms with Gasteiger partial charge in [0.15, 0.2) is 0 Å². The summed E-state index contributed by atoms with van der Waals surface area (Å²) in [5.74, 6) is -1.31. The van der Waals surface area contributed by atoms with Gasteiger partial charge in [-0.3, -0.25) is 0 Å². The number of aromatic nitrogens is 1. The Morgan fingerprint density at radius 3 is 2.32 bits per heavy atom. The van der Waals surface area contributed by atoms with Crippen LogP contribution in [0, 0.1) is 0 Å². The highest BCUT2D eigenvalue weighted by Gasteiger charge is 2.25. The Balaban J connectivity index is 2.35. The molecule has 0 aliphatic rings. The van der Waals surface area contributed by atoms with Gasteiger partial charge in [-0.15, -0.1) is 0 Å². The summed E-state index contributed by atoms with van der Waals surface area (Å²) in [4.78, 5) is 11.4. The number of para-hydroxylation sites is 1. The molecule has 0 radical (unpaired) electrons. The van der Waals surface area contributed by atoms with Crippen LogP contribution in [-0.2, 0) is 10.0 Å². The third-order valence-corrected chi connectivity index (χ3v) is 5.23. The van der Waals surface area contributed by atoms with Gasteiger partial charge in [0.25, 0.3) is 10.0 Å². The summed E-state index contributed by atoms with van der Waals surface area (Å²) in [6, 6.07) is 13.5. The van der Waals surface area contributed by atoms with Crippen molar-refractivity contribution in [2.45, 2.75) is 4.90 Å². The lowest BCUT2D eigenvalue weighted by Gasteiger charge is -2.10. The minimum absolute atomic E-state index is 0.0271. The maximum atomic E-state index is 12.8. The average molecular weight is 336 g/mol. The molecule has 5 nitrogen and oxygen atoms in total. The maximum Gasteiger partial charge on any atom is 0.353 e. The van der Waals surface area contributed by atoms with E-state index in [9.17, 15) is 18.3 Å². The number of halogens is 1. The van der Waals surface area contributed by atoms with Crippen LogP contribution in [0.15, 0.2) is 59.5 Å². The van der Waals surface area contributed by atoms with Crippen molar-refractivity contribution in [3.8, 4) is 0 Å². The molecular weight excluding hydrogens is 326 g/mol. The fourth-order valence-corrected chi connectivity index (χ4v) is 3.88. The van der Waals surface area contributed by atoms with Gasteiger partial charge in [-0.1, -0.05) is 29.8 Å². The first kappa shape index (κ1) is 14.6. The predicted molar refractivity (Wildman–Crippen MR) is 82.9 cm³/mol. The number of carboxylic acids is 1. The van der Waals surface area contributed by atoms with Gasteiger partial charge < -0.3 is 5.11 Å². The van der Waals surface area contributed by atoms with Gasteiger partial charge in [-0.05, 0) is 36.4 Å². The molecule has 7 heteroatoms. The van der Waals surface area contributed by atoms with E-state index in [-0.39, 0.29) is 10.6 Å². The summed E-state index contributed by atoms with van der Waals surface area (Å²) >= 11 is 5.77. The van der Waals surface area contributed by atoms with Gasteiger partial charge >= 0.3 is 5.97 Å². The molecule has 0 fully saturated rings. The molecule has 0 atom stereocenters. The van der Waals surface area contributed by atoms with Gasteiger partial charge in [0.2, 0.25) is 0 Å². The van der Waals surface area contributed by atoms with E-state index in [0.717, 1.165) is 3.97 Å². The first-order valence-corrected chi connectivity index (χ1v) is 8.08. The third-order valence-electron chi connectivity index (χ3n) is 3.24. The number of hydrogen-bond donors (Lipinski definition) is 1. The van der Waals surface area contributed by atoms with Crippen molar-refractivity contribution in [1.82, 2.24) is 3.97 Å². The lowest BCUT2D eigenvalue weighted by atomic mass is 10.2. The van der Waals surface area contributed by atoms with E-state index in [4.69, 9.17) is 11.6 Å². The first-order chi connectivity index (χ1) is 10.4. The van der Waals surface area contributed by atoms with Crippen LogP contribution in [0.2, 0.25) is 5.02 Å². The molecular formula is C15H10ClNO4S. The van der Waals surface area contributed by atoms with Crippen molar-refractivity contribution in [3.05, 3.63) is 65.3 Å². The smallest absolute Gasteiger partial charge is 0.353 e. The number of carbonyl (C=O) groups is 1. The average Bonchev–Trinajstić information content (AvgIpc) is 2.88. The second-order valence-corrected chi connectivity index (χ2v) is 6.84. The molecule has 0 unspecified atom stereocenters. The summed E-state index contributed by atoms with van der Waals surface area (Å²) < 4.78 is 26.4. The second-order valence-electron chi connectivity index (χ2n) is 4.62. The predicted octanol–water partition coefficient (Wildman–Crippen LogP) is 3.23. The Morgan fingerprint density at radius 1 is 1.05 bits per heavy atom. The van der Waals surface area contributed by atoms with E-state index in [1.54, 1.807) is 24.3 Å². The molecule has 3 aromatic rings. The zero-order chi connectivity index (χ0) is 15.9. The maximum absolute atomic E-state index is 12.8. The molecule has 0 aliphatic heterocycles. The fourth-order valence-electron chi connectivity index (χ4n) is 2.25. The highest BCUT2D eigenvalue weighted by molar-refractivity contribution is 7.90. The zero-order valence-electron chi connectivity index (χ0n) is 11.1. The van der Waals surface area contributed by atoms with Crippen LogP contribution >= 0.6 is 11.6 Å². The summed E-state index contributed by atoms with van der Waals surface area (Å²) in [7, 11) is -4.04. The SMILES string of the molecule is O=C(O)c1cc2ccccc2n1S(=O)(=O)c1ccc(Cl)cc1. The standard InChI is InChI=1S/C15H10ClNO4S/c16-11-5-7-12(8-6-11)22(20,21)17-13-4-2-1-3-10(13)9-14(17)15(18)19/h1-9H,(H,18,19). The van der Waals surface area contributed by atoms with Crippen LogP contribution in [0.3, 0.4) is 0 Å². The monoisotopic (exact) mass is 335 g/mol. The normalized spacial score (nSPS) is 11.7. The molecule has 1 aromatic heterocycles. The number of benzene rings is 2. The quantitative estimate of drug-likeness (QED) is 0.797. The third kappa shape index (κ3) is 2.26. The van der Waals surface area contributed by atoms with Crippen molar-refractivity contribution in [2.24, 2.45) is 0 Å². The topological polar surface area (TPSA) is 76.4 Å².